The molecule has 154 valence electrons. The zero-order chi connectivity index (χ0) is 19.7. The molecule has 0 saturated heterocycles. The van der Waals surface area contributed by atoms with Crippen LogP contribution in [0.1, 0.15) is 39.7 Å². The lowest BCUT2D eigenvalue weighted by molar-refractivity contribution is 0.145. The number of ether oxygens (including phenoxy) is 2. The second-order valence-corrected chi connectivity index (χ2v) is 6.16. The fourth-order valence-electron chi connectivity index (χ4n) is 2.63. The lowest BCUT2D eigenvalue weighted by atomic mass is 10.2. The van der Waals surface area contributed by atoms with Crippen LogP contribution in [0.15, 0.2) is 29.3 Å². The van der Waals surface area contributed by atoms with Gasteiger partial charge in [0.2, 0.25) is 0 Å². The van der Waals surface area contributed by atoms with E-state index in [9.17, 15) is 0 Å². The largest absolute Gasteiger partial charge is 0.492 e. The number of aliphatic imine (C=N–C) groups is 1. The van der Waals surface area contributed by atoms with Crippen LogP contribution in [0, 0.1) is 0 Å². The number of benzene rings is 1. The molecule has 2 N–H and O–H groups in total. The van der Waals surface area contributed by atoms with Gasteiger partial charge >= 0.3 is 0 Å². The molecule has 0 radical (unpaired) electrons. The highest BCUT2D eigenvalue weighted by Crippen LogP contribution is 2.18. The molecule has 0 spiro atoms. The Labute approximate surface area is 165 Å². The maximum absolute atomic E-state index is 6.02. The van der Waals surface area contributed by atoms with E-state index in [0.717, 1.165) is 69.6 Å². The molecular weight excluding hydrogens is 340 g/mol. The fourth-order valence-corrected chi connectivity index (χ4v) is 2.63. The summed E-state index contributed by atoms with van der Waals surface area (Å²) in [5, 5.41) is 6.64. The number of guanidine groups is 1. The molecule has 6 nitrogen and oxygen atoms in total. The summed E-state index contributed by atoms with van der Waals surface area (Å²) in [7, 11) is 0. The van der Waals surface area contributed by atoms with Crippen molar-refractivity contribution in [2.45, 2.75) is 40.7 Å². The van der Waals surface area contributed by atoms with E-state index in [1.807, 2.05) is 25.1 Å². The Kier molecular flexibility index (Phi) is 13.2. The van der Waals surface area contributed by atoms with Crippen molar-refractivity contribution in [2.75, 3.05) is 52.5 Å². The first-order valence-corrected chi connectivity index (χ1v) is 10.3. The van der Waals surface area contributed by atoms with Crippen LogP contribution < -0.4 is 15.4 Å². The second kappa shape index (κ2) is 15.3. The molecule has 27 heavy (non-hydrogen) atoms. The molecule has 0 saturated carbocycles. The molecular formula is C21H38N4O2. The lowest BCUT2D eigenvalue weighted by Crippen LogP contribution is -2.38. The van der Waals surface area contributed by atoms with Gasteiger partial charge in [0.05, 0.1) is 6.54 Å². The van der Waals surface area contributed by atoms with Gasteiger partial charge in [0.15, 0.2) is 5.96 Å². The van der Waals surface area contributed by atoms with E-state index >= 15 is 0 Å². The summed E-state index contributed by atoms with van der Waals surface area (Å²) in [6, 6.07) is 8.14. The van der Waals surface area contributed by atoms with Crippen molar-refractivity contribution >= 4 is 5.96 Å². The minimum absolute atomic E-state index is 0.586. The highest BCUT2D eigenvalue weighted by molar-refractivity contribution is 5.79. The van der Waals surface area contributed by atoms with E-state index in [0.29, 0.717) is 13.2 Å². The Morgan fingerprint density at radius 1 is 1.04 bits per heavy atom. The van der Waals surface area contributed by atoms with Crippen LogP contribution in [0.3, 0.4) is 0 Å². The Hall–Kier alpha value is -1.79. The van der Waals surface area contributed by atoms with Crippen LogP contribution >= 0.6 is 0 Å². The van der Waals surface area contributed by atoms with Crippen molar-refractivity contribution in [3.63, 3.8) is 0 Å². The van der Waals surface area contributed by atoms with Crippen molar-refractivity contribution in [1.29, 1.82) is 0 Å². The molecule has 0 aliphatic carbocycles. The molecule has 0 bridgehead atoms. The molecule has 6 heteroatoms. The highest BCUT2D eigenvalue weighted by atomic mass is 16.5. The maximum Gasteiger partial charge on any atom is 0.191 e. The number of hydrogen-bond donors (Lipinski definition) is 2. The van der Waals surface area contributed by atoms with Gasteiger partial charge in [-0.3, -0.25) is 0 Å². The highest BCUT2D eigenvalue weighted by Gasteiger charge is 2.05. The minimum Gasteiger partial charge on any atom is -0.492 e. The van der Waals surface area contributed by atoms with E-state index < -0.39 is 0 Å². The number of hydrogen-bond acceptors (Lipinski definition) is 4. The van der Waals surface area contributed by atoms with E-state index in [1.54, 1.807) is 0 Å². The van der Waals surface area contributed by atoms with Crippen molar-refractivity contribution < 1.29 is 9.47 Å². The predicted molar refractivity (Wildman–Crippen MR) is 114 cm³/mol. The van der Waals surface area contributed by atoms with E-state index in [4.69, 9.17) is 14.5 Å². The molecule has 0 atom stereocenters. The summed E-state index contributed by atoms with van der Waals surface area (Å²) in [6.45, 7) is 16.0. The molecule has 0 aromatic heterocycles. The third-order valence-electron chi connectivity index (χ3n) is 4.25. The Morgan fingerprint density at radius 3 is 2.52 bits per heavy atom. The summed E-state index contributed by atoms with van der Waals surface area (Å²) in [5.74, 6) is 1.74. The van der Waals surface area contributed by atoms with Crippen LogP contribution in [0.5, 0.6) is 5.75 Å². The number of nitrogens with one attached hydrogen (secondary N) is 2. The zero-order valence-electron chi connectivity index (χ0n) is 17.6. The monoisotopic (exact) mass is 378 g/mol. The summed E-state index contributed by atoms with van der Waals surface area (Å²) in [4.78, 5) is 7.06. The van der Waals surface area contributed by atoms with Crippen LogP contribution in [0.4, 0.5) is 0 Å². The van der Waals surface area contributed by atoms with Gasteiger partial charge in [-0.2, -0.15) is 0 Å². The Morgan fingerprint density at radius 2 is 1.81 bits per heavy atom. The molecule has 0 fully saturated rings. The summed E-state index contributed by atoms with van der Waals surface area (Å²) < 4.78 is 11.4. The molecule has 0 unspecified atom stereocenters. The van der Waals surface area contributed by atoms with Crippen molar-refractivity contribution in [3.05, 3.63) is 29.8 Å². The van der Waals surface area contributed by atoms with Gasteiger partial charge in [0, 0.05) is 38.4 Å². The summed E-state index contributed by atoms with van der Waals surface area (Å²) >= 11 is 0. The van der Waals surface area contributed by atoms with E-state index in [-0.39, 0.29) is 0 Å². The topological polar surface area (TPSA) is 58.1 Å². The zero-order valence-corrected chi connectivity index (χ0v) is 17.6. The third-order valence-corrected chi connectivity index (χ3v) is 4.25. The van der Waals surface area contributed by atoms with Gasteiger partial charge in [-0.05, 0) is 39.4 Å². The summed E-state index contributed by atoms with van der Waals surface area (Å²) in [6.07, 6.45) is 0.962. The third kappa shape index (κ3) is 10.2. The van der Waals surface area contributed by atoms with Crippen LogP contribution in [0.2, 0.25) is 0 Å². The molecule has 0 aliphatic rings. The first kappa shape index (κ1) is 23.2. The van der Waals surface area contributed by atoms with Gasteiger partial charge in [0.1, 0.15) is 12.4 Å². The molecule has 1 aromatic carbocycles. The number of likely N-dealkylation sites (N-methyl/N-ethyl adjacent to an activating group) is 1. The van der Waals surface area contributed by atoms with Crippen molar-refractivity contribution in [3.8, 4) is 5.75 Å². The van der Waals surface area contributed by atoms with Gasteiger partial charge in [-0.25, -0.2) is 4.99 Å². The molecule has 1 rings (SSSR count). The van der Waals surface area contributed by atoms with Gasteiger partial charge in [0.25, 0.3) is 0 Å². The lowest BCUT2D eigenvalue weighted by Gasteiger charge is -2.19. The van der Waals surface area contributed by atoms with Gasteiger partial charge in [-0.15, -0.1) is 0 Å². The first-order chi connectivity index (χ1) is 13.2. The van der Waals surface area contributed by atoms with Gasteiger partial charge in [-0.1, -0.05) is 32.0 Å². The molecule has 0 aliphatic heterocycles. The SMILES string of the molecule is CCNC(=NCc1ccccc1OCCN(CC)CC)NCCCOCC. The normalized spacial score (nSPS) is 11.7. The standard InChI is InChI=1S/C21H38N4O2/c1-5-22-21(23-14-11-16-26-8-4)24-18-19-12-9-10-13-20(19)27-17-15-25(6-2)7-3/h9-10,12-13H,5-8,11,14-18H2,1-4H3,(H2,22,23,24). The van der Waals surface area contributed by atoms with Crippen molar-refractivity contribution in [1.82, 2.24) is 15.5 Å². The quantitative estimate of drug-likeness (QED) is 0.296. The van der Waals surface area contributed by atoms with Gasteiger partial charge < -0.3 is 25.0 Å². The number of nitrogens with zero attached hydrogens (tertiary/aromatic N) is 2. The molecule has 0 amide bonds. The van der Waals surface area contributed by atoms with Crippen LogP contribution in [-0.2, 0) is 11.3 Å². The maximum atomic E-state index is 6.02. The number of rotatable bonds is 14. The van der Waals surface area contributed by atoms with Crippen LogP contribution in [-0.4, -0.2) is 63.4 Å². The fraction of sp³-hybridized carbons (Fsp3) is 0.667. The Balaban J connectivity index is 2.57. The number of para-hydroxylation sites is 1. The minimum atomic E-state index is 0.586. The Bertz CT molecular complexity index is 519. The van der Waals surface area contributed by atoms with Crippen LogP contribution in [0.25, 0.3) is 0 Å². The van der Waals surface area contributed by atoms with Crippen molar-refractivity contribution in [2.24, 2.45) is 4.99 Å². The molecule has 0 heterocycles. The first-order valence-electron chi connectivity index (χ1n) is 10.3. The second-order valence-electron chi connectivity index (χ2n) is 6.16. The summed E-state index contributed by atoms with van der Waals surface area (Å²) in [5.41, 5.74) is 1.10. The average molecular weight is 379 g/mol. The van der Waals surface area contributed by atoms with E-state index in [2.05, 4.69) is 42.4 Å². The average Bonchev–Trinajstić information content (AvgIpc) is 2.70. The smallest absolute Gasteiger partial charge is 0.191 e. The predicted octanol–water partition coefficient (Wildman–Crippen LogP) is 2.89. The molecule has 1 aromatic rings. The van der Waals surface area contributed by atoms with E-state index in [1.165, 1.54) is 0 Å².